The molecule has 0 fully saturated rings. The van der Waals surface area contributed by atoms with Crippen LogP contribution in [0, 0.1) is 19.7 Å². The fraction of sp³-hybridized carbons (Fsp3) is 0.368. The summed E-state index contributed by atoms with van der Waals surface area (Å²) in [6, 6.07) is 12.7. The number of ether oxygens (including phenoxy) is 1. The molecule has 0 aliphatic rings. The normalized spacial score (nSPS) is 12.2. The van der Waals surface area contributed by atoms with Crippen molar-refractivity contribution >= 4 is 0 Å². The van der Waals surface area contributed by atoms with Crippen LogP contribution < -0.4 is 10.5 Å². The highest BCUT2D eigenvalue weighted by Crippen LogP contribution is 2.23. The van der Waals surface area contributed by atoms with Gasteiger partial charge >= 0.3 is 0 Å². The summed E-state index contributed by atoms with van der Waals surface area (Å²) in [5.41, 5.74) is 9.37. The molecule has 22 heavy (non-hydrogen) atoms. The second-order valence-corrected chi connectivity index (χ2v) is 5.67. The predicted molar refractivity (Wildman–Crippen MR) is 88.8 cm³/mol. The van der Waals surface area contributed by atoms with Gasteiger partial charge in [-0.1, -0.05) is 24.3 Å². The predicted octanol–water partition coefficient (Wildman–Crippen LogP) is 4.34. The molecule has 2 aromatic rings. The monoisotopic (exact) mass is 301 g/mol. The van der Waals surface area contributed by atoms with Crippen LogP contribution in [-0.4, -0.2) is 13.2 Å². The molecular weight excluding hydrogens is 277 g/mol. The zero-order chi connectivity index (χ0) is 15.9. The third-order valence-corrected chi connectivity index (χ3v) is 4.14. The van der Waals surface area contributed by atoms with Crippen molar-refractivity contribution in [2.75, 3.05) is 13.2 Å². The third kappa shape index (κ3) is 4.31. The summed E-state index contributed by atoms with van der Waals surface area (Å²) >= 11 is 0. The van der Waals surface area contributed by atoms with Crippen molar-refractivity contribution < 1.29 is 9.13 Å². The Morgan fingerprint density at radius 1 is 1.09 bits per heavy atom. The Morgan fingerprint density at radius 2 is 1.82 bits per heavy atom. The van der Waals surface area contributed by atoms with E-state index < -0.39 is 0 Å². The van der Waals surface area contributed by atoms with Crippen molar-refractivity contribution in [3.8, 4) is 5.75 Å². The molecule has 0 saturated heterocycles. The van der Waals surface area contributed by atoms with Crippen LogP contribution in [0.25, 0.3) is 0 Å². The van der Waals surface area contributed by atoms with Crippen LogP contribution >= 0.6 is 0 Å². The molecule has 0 aliphatic heterocycles. The molecule has 2 N–H and O–H groups in total. The van der Waals surface area contributed by atoms with E-state index in [1.54, 1.807) is 0 Å². The summed E-state index contributed by atoms with van der Waals surface area (Å²) in [7, 11) is 0. The van der Waals surface area contributed by atoms with Crippen molar-refractivity contribution in [2.45, 2.75) is 32.6 Å². The number of rotatable bonds is 7. The molecule has 0 amide bonds. The number of halogens is 1. The maximum Gasteiger partial charge on any atom is 0.123 e. The summed E-state index contributed by atoms with van der Waals surface area (Å²) in [5, 5.41) is 0. The summed E-state index contributed by atoms with van der Waals surface area (Å²) < 4.78 is 18.8. The number of hydrogen-bond acceptors (Lipinski definition) is 2. The molecule has 2 aromatic carbocycles. The maximum atomic E-state index is 13.0. The standard InChI is InChI=1S/C19H24FNO/c1-14-5-3-7-19(15(14)2)22-12-4-6-17(13-21)16-8-10-18(20)11-9-16/h3,5,7-11,17H,4,6,12-13,21H2,1-2H3. The highest BCUT2D eigenvalue weighted by molar-refractivity contribution is 5.38. The molecule has 0 bridgehead atoms. The van der Waals surface area contributed by atoms with Crippen molar-refractivity contribution in [3.05, 3.63) is 65.0 Å². The number of benzene rings is 2. The minimum absolute atomic E-state index is 0.210. The zero-order valence-electron chi connectivity index (χ0n) is 13.3. The number of aryl methyl sites for hydroxylation is 1. The minimum atomic E-state index is -0.210. The van der Waals surface area contributed by atoms with E-state index in [1.165, 1.54) is 23.3 Å². The van der Waals surface area contributed by atoms with E-state index >= 15 is 0 Å². The second kappa shape index (κ2) is 7.95. The van der Waals surface area contributed by atoms with E-state index in [2.05, 4.69) is 19.9 Å². The molecule has 0 heterocycles. The van der Waals surface area contributed by atoms with Crippen LogP contribution in [-0.2, 0) is 0 Å². The van der Waals surface area contributed by atoms with Crippen LogP contribution in [0.1, 0.15) is 35.4 Å². The van der Waals surface area contributed by atoms with Crippen LogP contribution in [0.5, 0.6) is 5.75 Å². The highest BCUT2D eigenvalue weighted by atomic mass is 19.1. The van der Waals surface area contributed by atoms with Crippen molar-refractivity contribution in [1.29, 1.82) is 0 Å². The van der Waals surface area contributed by atoms with E-state index in [1.807, 2.05) is 24.3 Å². The molecular formula is C19H24FNO. The van der Waals surface area contributed by atoms with Gasteiger partial charge in [-0.2, -0.15) is 0 Å². The number of nitrogens with two attached hydrogens (primary N) is 1. The van der Waals surface area contributed by atoms with Crippen LogP contribution in [0.4, 0.5) is 4.39 Å². The quantitative estimate of drug-likeness (QED) is 0.772. The first-order valence-electron chi connectivity index (χ1n) is 7.76. The summed E-state index contributed by atoms with van der Waals surface area (Å²) in [6.07, 6.45) is 1.86. The average molecular weight is 301 g/mol. The van der Waals surface area contributed by atoms with E-state index in [0.717, 1.165) is 24.2 Å². The Bertz CT molecular complexity index is 595. The van der Waals surface area contributed by atoms with E-state index in [4.69, 9.17) is 10.5 Å². The van der Waals surface area contributed by atoms with Crippen molar-refractivity contribution in [2.24, 2.45) is 5.73 Å². The Morgan fingerprint density at radius 3 is 2.50 bits per heavy atom. The van der Waals surface area contributed by atoms with Crippen molar-refractivity contribution in [3.63, 3.8) is 0 Å². The molecule has 0 saturated carbocycles. The van der Waals surface area contributed by atoms with Crippen LogP contribution in [0.15, 0.2) is 42.5 Å². The van der Waals surface area contributed by atoms with E-state index in [9.17, 15) is 4.39 Å². The van der Waals surface area contributed by atoms with E-state index in [-0.39, 0.29) is 11.7 Å². The Hall–Kier alpha value is -1.87. The first-order valence-corrected chi connectivity index (χ1v) is 7.76. The summed E-state index contributed by atoms with van der Waals surface area (Å²) in [5.74, 6) is 0.992. The molecule has 1 unspecified atom stereocenters. The summed E-state index contributed by atoms with van der Waals surface area (Å²) in [6.45, 7) is 5.39. The first kappa shape index (κ1) is 16.5. The molecule has 0 aromatic heterocycles. The first-order chi connectivity index (χ1) is 10.6. The number of hydrogen-bond donors (Lipinski definition) is 1. The van der Waals surface area contributed by atoms with Crippen LogP contribution in [0.3, 0.4) is 0 Å². The van der Waals surface area contributed by atoms with Gasteiger partial charge in [-0.15, -0.1) is 0 Å². The molecule has 0 aliphatic carbocycles. The largest absolute Gasteiger partial charge is 0.493 e. The smallest absolute Gasteiger partial charge is 0.123 e. The van der Waals surface area contributed by atoms with Gasteiger partial charge in [-0.25, -0.2) is 4.39 Å². The van der Waals surface area contributed by atoms with Crippen molar-refractivity contribution in [1.82, 2.24) is 0 Å². The second-order valence-electron chi connectivity index (χ2n) is 5.67. The highest BCUT2D eigenvalue weighted by Gasteiger charge is 2.10. The van der Waals surface area contributed by atoms with Gasteiger partial charge in [0, 0.05) is 0 Å². The summed E-state index contributed by atoms with van der Waals surface area (Å²) in [4.78, 5) is 0. The maximum absolute atomic E-state index is 13.0. The van der Waals surface area contributed by atoms with Gasteiger partial charge in [0.25, 0.3) is 0 Å². The van der Waals surface area contributed by atoms with Gasteiger partial charge in [0.05, 0.1) is 6.61 Å². The lowest BCUT2D eigenvalue weighted by atomic mass is 9.94. The Balaban J connectivity index is 1.84. The fourth-order valence-corrected chi connectivity index (χ4v) is 2.55. The zero-order valence-corrected chi connectivity index (χ0v) is 13.3. The van der Waals surface area contributed by atoms with Gasteiger partial charge < -0.3 is 10.5 Å². The molecule has 0 spiro atoms. The molecule has 0 radical (unpaired) electrons. The molecule has 2 rings (SSSR count). The minimum Gasteiger partial charge on any atom is -0.493 e. The van der Waals surface area contributed by atoms with E-state index in [0.29, 0.717) is 13.2 Å². The lowest BCUT2D eigenvalue weighted by Crippen LogP contribution is -2.14. The van der Waals surface area contributed by atoms with Gasteiger partial charge in [0.15, 0.2) is 0 Å². The molecule has 1 atom stereocenters. The van der Waals surface area contributed by atoms with Gasteiger partial charge in [-0.05, 0) is 74.0 Å². The van der Waals surface area contributed by atoms with Gasteiger partial charge in [0.1, 0.15) is 11.6 Å². The Labute approximate surface area is 132 Å². The van der Waals surface area contributed by atoms with Gasteiger partial charge in [0.2, 0.25) is 0 Å². The Kier molecular flexibility index (Phi) is 5.96. The molecule has 2 nitrogen and oxygen atoms in total. The fourth-order valence-electron chi connectivity index (χ4n) is 2.55. The average Bonchev–Trinajstić information content (AvgIpc) is 2.52. The van der Waals surface area contributed by atoms with Crippen LogP contribution in [0.2, 0.25) is 0 Å². The lowest BCUT2D eigenvalue weighted by Gasteiger charge is -2.16. The van der Waals surface area contributed by atoms with Gasteiger partial charge in [-0.3, -0.25) is 0 Å². The molecule has 118 valence electrons. The topological polar surface area (TPSA) is 35.2 Å². The third-order valence-electron chi connectivity index (χ3n) is 4.14. The SMILES string of the molecule is Cc1cccc(OCCCC(CN)c2ccc(F)cc2)c1C. The lowest BCUT2D eigenvalue weighted by molar-refractivity contribution is 0.299. The molecule has 3 heteroatoms.